The minimum absolute atomic E-state index is 0.0189. The topological polar surface area (TPSA) is 322 Å². The van der Waals surface area contributed by atoms with Crippen molar-refractivity contribution in [1.29, 1.82) is 0 Å². The van der Waals surface area contributed by atoms with Gasteiger partial charge in [-0.25, -0.2) is 0 Å². The summed E-state index contributed by atoms with van der Waals surface area (Å²) in [6.45, 7) is 52.6. The molecule has 35 atom stereocenters. The van der Waals surface area contributed by atoms with Gasteiger partial charge < -0.3 is 103 Å². The summed E-state index contributed by atoms with van der Waals surface area (Å²) in [7, 11) is 8.85. The highest BCUT2D eigenvalue weighted by Crippen LogP contribution is 2.49. The number of hydrogen-bond acceptors (Lipinski definition) is 24. The van der Waals surface area contributed by atoms with Crippen molar-refractivity contribution in [3.8, 4) is 0 Å². The van der Waals surface area contributed by atoms with Gasteiger partial charge >= 0.3 is 11.9 Å². The summed E-state index contributed by atoms with van der Waals surface area (Å²) in [6, 6.07) is -0.372. The third-order valence-corrected chi connectivity index (χ3v) is 27.2. The van der Waals surface area contributed by atoms with Crippen LogP contribution in [0.5, 0.6) is 0 Å². The Morgan fingerprint density at radius 1 is 0.546 bits per heavy atom. The third-order valence-electron chi connectivity index (χ3n) is 27.2. The zero-order valence-corrected chi connectivity index (χ0v) is 72.6. The number of hydrogen-bond donors (Lipinski definition) is 8. The van der Waals surface area contributed by atoms with Crippen molar-refractivity contribution in [2.75, 3.05) is 41.9 Å². The fourth-order valence-corrected chi connectivity index (χ4v) is 19.0. The molecule has 0 saturated carbocycles. The third kappa shape index (κ3) is 22.6. The first kappa shape index (κ1) is 96.2. The van der Waals surface area contributed by atoms with Crippen LogP contribution in [0.25, 0.3) is 0 Å². The quantitative estimate of drug-likeness (QED) is 0.0628. The molecule has 634 valence electrons. The molecule has 0 radical (unpaired) electrons. The average Bonchev–Trinajstić information content (AvgIpc) is 0.770. The van der Waals surface area contributed by atoms with E-state index >= 15 is 0 Å². The Balaban J connectivity index is 0.000000391. The number of carbonyl (C=O) groups is 3. The molecule has 0 bridgehead atoms. The van der Waals surface area contributed by atoms with Crippen LogP contribution in [0.3, 0.4) is 0 Å². The SMILES string of the molecule is CC[C@H]1OC(=O)[C@H](C)[C@@H](O[C@H]2CC(C)(C)[C@@H](C)[C@H](C)O2)[C@H](C)[C@@H](O[C@@H]2O[C@H](C)C[C@H](N(C)C)[C@H]2O)C(C)(C)C[C@@H](C)[C@H](C)[C@H](C)[C@@H](O)C1(C)C.CC[C@H]1OC(=O)[C@H](C)[C@@H](O[C@H]2C[C@@](C)(OC)[C@@H](O)[C@H](C)O2)[C@H](C)[C@@H](O[C@@H]2O[C@H](C)C[C@H](N(C)C(C)C)[C@H]2O)[C@](C)(O)C[C@@H](C)[C@H](OCC(=O)NC)[C@H](C)[C@@H](O)[C@]1(C)O. The summed E-state index contributed by atoms with van der Waals surface area (Å²) >= 11 is 0. The van der Waals surface area contributed by atoms with Gasteiger partial charge in [0.2, 0.25) is 5.91 Å². The number of carbonyl (C=O) groups excluding carboxylic acids is 3. The molecular formula is C83H155N3O22. The molecule has 108 heavy (non-hydrogen) atoms. The van der Waals surface area contributed by atoms with E-state index < -0.39 is 174 Å². The highest BCUT2D eigenvalue weighted by atomic mass is 16.7. The van der Waals surface area contributed by atoms with Crippen LogP contribution >= 0.6 is 0 Å². The largest absolute Gasteiger partial charge is 0.461 e. The number of amides is 1. The minimum atomic E-state index is -1.97. The van der Waals surface area contributed by atoms with Gasteiger partial charge in [0, 0.05) is 68.3 Å². The molecule has 6 rings (SSSR count). The van der Waals surface area contributed by atoms with E-state index in [4.69, 9.17) is 56.8 Å². The number of esters is 2. The van der Waals surface area contributed by atoms with Crippen molar-refractivity contribution in [1.82, 2.24) is 15.1 Å². The van der Waals surface area contributed by atoms with E-state index in [9.17, 15) is 50.1 Å². The number of cyclic esters (lactones) is 2. The summed E-state index contributed by atoms with van der Waals surface area (Å²) in [5.41, 5.74) is -5.95. The summed E-state index contributed by atoms with van der Waals surface area (Å²) < 4.78 is 77.3. The molecular weight excluding hydrogens is 1390 g/mol. The summed E-state index contributed by atoms with van der Waals surface area (Å²) in [6.07, 6.45) is -12.4. The Bertz CT molecular complexity index is 2780. The van der Waals surface area contributed by atoms with E-state index in [1.807, 2.05) is 88.4 Å². The molecule has 0 aromatic carbocycles. The van der Waals surface area contributed by atoms with E-state index in [0.29, 0.717) is 31.6 Å². The Kier molecular flexibility index (Phi) is 34.8. The zero-order valence-electron chi connectivity index (χ0n) is 72.6. The van der Waals surface area contributed by atoms with Crippen molar-refractivity contribution < 1.29 is 107 Å². The van der Waals surface area contributed by atoms with Crippen LogP contribution in [0.15, 0.2) is 0 Å². The second kappa shape index (κ2) is 39.1. The van der Waals surface area contributed by atoms with Crippen LogP contribution in [0, 0.1) is 75.4 Å². The van der Waals surface area contributed by atoms with E-state index in [1.54, 1.807) is 48.5 Å². The monoisotopic (exact) mass is 1550 g/mol. The molecule has 6 saturated heterocycles. The second-order valence-electron chi connectivity index (χ2n) is 37.6. The number of aliphatic hydroxyl groups excluding tert-OH is 5. The predicted octanol–water partition coefficient (Wildman–Crippen LogP) is 9.43. The van der Waals surface area contributed by atoms with Gasteiger partial charge in [-0.05, 0) is 176 Å². The maximum atomic E-state index is 14.3. The van der Waals surface area contributed by atoms with Gasteiger partial charge in [0.1, 0.15) is 42.7 Å². The molecule has 0 aromatic rings. The maximum absolute atomic E-state index is 14.3. The lowest BCUT2D eigenvalue weighted by molar-refractivity contribution is -0.319. The molecule has 6 aliphatic heterocycles. The van der Waals surface area contributed by atoms with E-state index in [2.05, 4.69) is 79.5 Å². The fourth-order valence-electron chi connectivity index (χ4n) is 19.0. The Morgan fingerprint density at radius 3 is 1.50 bits per heavy atom. The Labute approximate surface area is 650 Å². The predicted molar refractivity (Wildman–Crippen MR) is 413 cm³/mol. The van der Waals surface area contributed by atoms with Gasteiger partial charge in [-0.15, -0.1) is 0 Å². The normalized spacial score (nSPS) is 46.3. The summed E-state index contributed by atoms with van der Waals surface area (Å²) in [5.74, 6) is -5.17. The summed E-state index contributed by atoms with van der Waals surface area (Å²) in [5, 5.41) is 85.5. The lowest BCUT2D eigenvalue weighted by Crippen LogP contribution is -2.62. The van der Waals surface area contributed by atoms with Crippen LogP contribution in [-0.4, -0.2) is 263 Å². The highest BCUT2D eigenvalue weighted by molar-refractivity contribution is 5.76. The van der Waals surface area contributed by atoms with Crippen LogP contribution in [0.1, 0.15) is 238 Å². The number of ether oxygens (including phenoxy) is 12. The van der Waals surface area contributed by atoms with Gasteiger partial charge in [0.15, 0.2) is 25.2 Å². The fraction of sp³-hybridized carbons (Fsp3) is 0.964. The first-order valence-electron chi connectivity index (χ1n) is 40.9. The van der Waals surface area contributed by atoms with Crippen LogP contribution in [-0.2, 0) is 71.2 Å². The van der Waals surface area contributed by atoms with Crippen LogP contribution < -0.4 is 5.32 Å². The molecule has 0 spiro atoms. The number of rotatable bonds is 17. The van der Waals surface area contributed by atoms with Crippen molar-refractivity contribution in [2.45, 2.75) is 396 Å². The summed E-state index contributed by atoms with van der Waals surface area (Å²) in [4.78, 5) is 45.2. The second-order valence-corrected chi connectivity index (χ2v) is 37.6. The molecule has 6 aliphatic rings. The molecule has 0 unspecified atom stereocenters. The molecule has 6 heterocycles. The molecule has 0 aromatic heterocycles. The zero-order chi connectivity index (χ0) is 82.5. The van der Waals surface area contributed by atoms with Gasteiger partial charge in [0.05, 0.1) is 90.2 Å². The highest BCUT2D eigenvalue weighted by Gasteiger charge is 2.57. The van der Waals surface area contributed by atoms with Gasteiger partial charge in [-0.3, -0.25) is 19.3 Å². The van der Waals surface area contributed by atoms with Crippen LogP contribution in [0.4, 0.5) is 0 Å². The van der Waals surface area contributed by atoms with Crippen molar-refractivity contribution in [3.05, 3.63) is 0 Å². The van der Waals surface area contributed by atoms with E-state index in [0.717, 1.165) is 6.42 Å². The lowest BCUT2D eigenvalue weighted by atomic mass is 9.65. The van der Waals surface area contributed by atoms with Crippen molar-refractivity contribution in [2.24, 2.45) is 75.4 Å². The molecule has 6 fully saturated rings. The first-order valence-corrected chi connectivity index (χ1v) is 40.9. The maximum Gasteiger partial charge on any atom is 0.311 e. The molecule has 8 N–H and O–H groups in total. The Hall–Kier alpha value is -2.35. The lowest BCUT2D eigenvalue weighted by Gasteiger charge is -2.50. The average molecular weight is 1550 g/mol. The Morgan fingerprint density at radius 2 is 1.02 bits per heavy atom. The minimum Gasteiger partial charge on any atom is -0.461 e. The van der Waals surface area contributed by atoms with E-state index in [1.165, 1.54) is 21.1 Å². The molecule has 1 amide bonds. The number of likely N-dealkylation sites (N-methyl/N-ethyl adjacent to an activating group) is 3. The molecule has 25 nitrogen and oxygen atoms in total. The number of nitrogens with one attached hydrogen (secondary N) is 1. The van der Waals surface area contributed by atoms with Crippen molar-refractivity contribution in [3.63, 3.8) is 0 Å². The van der Waals surface area contributed by atoms with Crippen molar-refractivity contribution >= 4 is 17.8 Å². The standard InChI is InChI=1S/C42H78N2O14.C41H77NO8/c1-16-29-42(12,51)35(47)24(6)33(53-20-30(45)43-13)22(4)18-40(10,50)37(58-39-32(46)28(17-23(5)54-39)44(14)21(2)3)25(7)34(26(8)38(49)56-29)57-31-19-41(11,52-15)36(48)27(9)55-31;1-18-31-41(14,15)35(44)25(5)24(4)22(2)20-40(12,13)36(50-38-33(43)30(42(16)17)19-23(3)46-38)26(6)34(27(7)37(45)48-31)49-32-21-39(10,11)28(8)29(9)47-32/h21-29,31-37,39,46-48,50-51H,16-20H2,1-15H3,(H,43,45);22-36,38,43-44H,18-21H2,1-17H3/t22-,23-,24+,25+,26-,27+,28+,29-,31+,32-,33+,34+,35-,36+,37-,39+,40-,41-,42-;22-,23-,24+,25+,26+,27-,28+,29+,30+,31-,32+,33-,34+,35-,36-,38+/m11/s1. The number of methoxy groups -OCH3 is 1. The van der Waals surface area contributed by atoms with Crippen LogP contribution in [0.2, 0.25) is 0 Å². The molecule has 25 heteroatoms. The van der Waals surface area contributed by atoms with Gasteiger partial charge in [-0.1, -0.05) is 111 Å². The van der Waals surface area contributed by atoms with Gasteiger partial charge in [0.25, 0.3) is 0 Å². The number of aliphatic hydroxyl groups is 7. The smallest absolute Gasteiger partial charge is 0.311 e. The molecule has 0 aliphatic carbocycles. The first-order chi connectivity index (χ1) is 49.6. The van der Waals surface area contributed by atoms with E-state index in [-0.39, 0.29) is 97.4 Å². The number of nitrogens with zero attached hydrogens (tertiary/aromatic N) is 2. The van der Waals surface area contributed by atoms with Gasteiger partial charge in [-0.2, -0.15) is 0 Å².